The van der Waals surface area contributed by atoms with E-state index in [4.69, 9.17) is 11.5 Å². The summed E-state index contributed by atoms with van der Waals surface area (Å²) >= 11 is 1.40. The molecule has 1 aliphatic heterocycles. The van der Waals surface area contributed by atoms with Gasteiger partial charge in [0.05, 0.1) is 19.2 Å². The van der Waals surface area contributed by atoms with Crippen LogP contribution in [0.1, 0.15) is 50.2 Å². The third kappa shape index (κ3) is 15.2. The number of phenolic OH excluding ortho intramolecular Hbond substituents is 1. The van der Waals surface area contributed by atoms with Crippen LogP contribution in [-0.2, 0) is 56.0 Å². The van der Waals surface area contributed by atoms with Crippen molar-refractivity contribution in [1.29, 1.82) is 0 Å². The van der Waals surface area contributed by atoms with Gasteiger partial charge in [-0.1, -0.05) is 30.3 Å². The van der Waals surface area contributed by atoms with Gasteiger partial charge in [-0.25, -0.2) is 4.79 Å². The van der Waals surface area contributed by atoms with Crippen LogP contribution in [0.3, 0.4) is 0 Å². The van der Waals surface area contributed by atoms with Crippen LogP contribution in [0, 0.1) is 0 Å². The predicted octanol–water partition coefficient (Wildman–Crippen LogP) is -2.37. The number of fused-ring (bicyclic) bond motifs is 1. The SMILES string of the molecule is CSCC[C@H](NC(=O)[C@H](Cc1c[nH]c2ccccc12)NC(=O)CNC(=O)[C@H](CCC(N)=O)NC(=O)[C@H](CO)NC(=O)[C@H](C)N)C(=O)N1CCC[C@H]1C(=O)N[C@@H](Cc1ccc(O)cc1)C(=O)O. The minimum Gasteiger partial charge on any atom is -0.508 e. The number of para-hydroxylation sites is 1. The number of benzene rings is 2. The summed E-state index contributed by atoms with van der Waals surface area (Å²) in [4.78, 5) is 122. The number of nitrogens with two attached hydrogens (primary N) is 2. The zero-order chi connectivity index (χ0) is 48.5. The lowest BCUT2D eigenvalue weighted by Gasteiger charge is -2.30. The van der Waals surface area contributed by atoms with E-state index >= 15 is 0 Å². The largest absolute Gasteiger partial charge is 0.508 e. The molecule has 1 saturated heterocycles. The number of aromatic nitrogens is 1. The van der Waals surface area contributed by atoms with Crippen LogP contribution < -0.4 is 43.4 Å². The van der Waals surface area contributed by atoms with Crippen molar-refractivity contribution in [2.45, 2.75) is 94.2 Å². The number of hydrogen-bond acceptors (Lipinski definition) is 13. The number of nitrogens with one attached hydrogen (secondary N) is 7. The maximum Gasteiger partial charge on any atom is 0.326 e. The first-order valence-electron chi connectivity index (χ1n) is 21.2. The second kappa shape index (κ2) is 25.1. The van der Waals surface area contributed by atoms with E-state index in [-0.39, 0.29) is 50.8 Å². The van der Waals surface area contributed by atoms with Gasteiger partial charge in [-0.3, -0.25) is 38.4 Å². The van der Waals surface area contributed by atoms with E-state index in [2.05, 4.69) is 36.9 Å². The number of amides is 8. The number of H-pyrrole nitrogens is 1. The highest BCUT2D eigenvalue weighted by atomic mass is 32.2. The van der Waals surface area contributed by atoms with E-state index < -0.39 is 109 Å². The molecule has 23 heteroatoms. The number of aliphatic carboxylic acids is 1. The van der Waals surface area contributed by atoms with E-state index in [1.54, 1.807) is 18.5 Å². The van der Waals surface area contributed by atoms with Gasteiger partial charge >= 0.3 is 5.97 Å². The van der Waals surface area contributed by atoms with Crippen LogP contribution in [0.25, 0.3) is 10.9 Å². The molecule has 0 aliphatic carbocycles. The molecule has 0 unspecified atom stereocenters. The molecule has 0 bridgehead atoms. The van der Waals surface area contributed by atoms with E-state index in [9.17, 15) is 58.5 Å². The third-order valence-electron chi connectivity index (χ3n) is 10.8. The number of carboxylic acids is 1. The molecule has 4 rings (SSSR count). The van der Waals surface area contributed by atoms with Crippen molar-refractivity contribution in [2.75, 3.05) is 31.7 Å². The Morgan fingerprint density at radius 3 is 2.14 bits per heavy atom. The topological polar surface area (TPSA) is 358 Å². The number of rotatable bonds is 25. The normalized spacial score (nSPS) is 16.1. The molecule has 2 aromatic carbocycles. The van der Waals surface area contributed by atoms with E-state index in [0.29, 0.717) is 23.3 Å². The van der Waals surface area contributed by atoms with Crippen LogP contribution in [0.5, 0.6) is 5.75 Å². The predicted molar refractivity (Wildman–Crippen MR) is 241 cm³/mol. The summed E-state index contributed by atoms with van der Waals surface area (Å²) in [6.07, 6.45) is 3.40. The summed E-state index contributed by atoms with van der Waals surface area (Å²) in [6.45, 7) is -0.0836. The Kier molecular flexibility index (Phi) is 19.7. The molecule has 1 fully saturated rings. The Morgan fingerprint density at radius 2 is 1.48 bits per heavy atom. The van der Waals surface area contributed by atoms with Gasteiger partial charge in [-0.15, -0.1) is 0 Å². The summed E-state index contributed by atoms with van der Waals surface area (Å²) in [5.41, 5.74) is 12.7. The molecule has 0 spiro atoms. The second-order valence-electron chi connectivity index (χ2n) is 15.8. The maximum absolute atomic E-state index is 14.3. The average Bonchev–Trinajstić information content (AvgIpc) is 3.95. The Bertz CT molecular complexity index is 2220. The fourth-order valence-electron chi connectivity index (χ4n) is 7.19. The van der Waals surface area contributed by atoms with Crippen LogP contribution >= 0.6 is 11.8 Å². The summed E-state index contributed by atoms with van der Waals surface area (Å²) < 4.78 is 0. The summed E-state index contributed by atoms with van der Waals surface area (Å²) in [6, 6.07) is 4.18. The number of primary amides is 1. The number of hydrogen-bond donors (Lipinski definition) is 12. The lowest BCUT2D eigenvalue weighted by atomic mass is 10.0. The standard InChI is InChI=1S/C43H58N10O12S/c1-23(44)37(58)52-33(22-54)40(61)49-29(13-14-35(45)56)38(59)47-21-36(57)48-31(19-25-20-46-28-7-4-3-6-27(25)28)39(60)50-30(15-17-66-2)42(63)53-16-5-8-34(53)41(62)51-32(43(64)65)18-24-9-11-26(55)12-10-24/h3-4,6-7,9-12,20,23,29-34,46,54-55H,5,8,13-19,21-22,44H2,1-2H3,(H2,45,56)(H,47,59)(H,48,57)(H,49,61)(H,50,60)(H,51,62)(H,52,58)(H,64,65)/t23-,29-,30-,31-,32-,33-,34-/m0/s1. The number of aliphatic hydroxyl groups is 1. The fourth-order valence-corrected chi connectivity index (χ4v) is 7.67. The molecule has 358 valence electrons. The number of aromatic hydroxyl groups is 1. The monoisotopic (exact) mass is 938 g/mol. The van der Waals surface area contributed by atoms with Crippen LogP contribution in [0.15, 0.2) is 54.7 Å². The first kappa shape index (κ1) is 51.9. The second-order valence-corrected chi connectivity index (χ2v) is 16.8. The molecule has 7 atom stereocenters. The number of carbonyl (C=O) groups excluding carboxylic acids is 8. The van der Waals surface area contributed by atoms with Crippen molar-refractivity contribution in [3.05, 3.63) is 65.9 Å². The molecular formula is C43H58N10O12S. The molecule has 1 aromatic heterocycles. The van der Waals surface area contributed by atoms with Gasteiger partial charge in [0, 0.05) is 42.9 Å². The fraction of sp³-hybridized carbons (Fsp3) is 0.465. The number of likely N-dealkylation sites (tertiary alicyclic amines) is 1. The molecule has 22 nitrogen and oxygen atoms in total. The zero-order valence-electron chi connectivity index (χ0n) is 36.5. The van der Waals surface area contributed by atoms with E-state index in [1.807, 2.05) is 18.2 Å². The number of carbonyl (C=O) groups is 9. The van der Waals surface area contributed by atoms with Gasteiger partial charge in [0.15, 0.2) is 0 Å². The highest BCUT2D eigenvalue weighted by Gasteiger charge is 2.39. The molecular weight excluding hydrogens is 881 g/mol. The summed E-state index contributed by atoms with van der Waals surface area (Å²) in [5, 5.41) is 44.9. The Hall–Kier alpha value is -6.72. The third-order valence-corrected chi connectivity index (χ3v) is 11.4. The van der Waals surface area contributed by atoms with E-state index in [0.717, 1.165) is 10.9 Å². The molecule has 3 aromatic rings. The highest BCUT2D eigenvalue weighted by Crippen LogP contribution is 2.22. The van der Waals surface area contributed by atoms with Gasteiger partial charge in [-0.05, 0) is 73.9 Å². The number of phenols is 1. The zero-order valence-corrected chi connectivity index (χ0v) is 37.4. The number of carboxylic acid groups (broad SMARTS) is 1. The summed E-state index contributed by atoms with van der Waals surface area (Å²) in [7, 11) is 0. The Balaban J connectivity index is 1.51. The molecule has 2 heterocycles. The smallest absolute Gasteiger partial charge is 0.326 e. The highest BCUT2D eigenvalue weighted by molar-refractivity contribution is 7.98. The lowest BCUT2D eigenvalue weighted by Crippen LogP contribution is -2.59. The number of aromatic amines is 1. The van der Waals surface area contributed by atoms with Crippen LogP contribution in [0.2, 0.25) is 0 Å². The van der Waals surface area contributed by atoms with Crippen LogP contribution in [0.4, 0.5) is 0 Å². The number of nitrogens with zero attached hydrogens (tertiary/aromatic N) is 1. The van der Waals surface area contributed by atoms with Crippen LogP contribution in [-0.4, -0.2) is 152 Å². The quantitative estimate of drug-likeness (QED) is 0.0423. The minimum absolute atomic E-state index is 0.0109. The van der Waals surface area contributed by atoms with Gasteiger partial charge < -0.3 is 68.6 Å². The van der Waals surface area contributed by atoms with Crippen molar-refractivity contribution >= 4 is 75.9 Å². The van der Waals surface area contributed by atoms with Gasteiger partial charge in [0.2, 0.25) is 47.3 Å². The maximum atomic E-state index is 14.3. The molecule has 0 radical (unpaired) electrons. The first-order chi connectivity index (χ1) is 31.4. The lowest BCUT2D eigenvalue weighted by molar-refractivity contribution is -0.145. The van der Waals surface area contributed by atoms with Gasteiger partial charge in [0.25, 0.3) is 0 Å². The molecule has 1 aliphatic rings. The van der Waals surface area contributed by atoms with Crippen molar-refractivity contribution in [3.8, 4) is 5.75 Å². The summed E-state index contributed by atoms with van der Waals surface area (Å²) in [5.74, 6) is -7.29. The minimum atomic E-state index is -1.51. The van der Waals surface area contributed by atoms with E-state index in [1.165, 1.54) is 47.9 Å². The molecule has 14 N–H and O–H groups in total. The Morgan fingerprint density at radius 1 is 0.818 bits per heavy atom. The van der Waals surface area contributed by atoms with Crippen molar-refractivity contribution in [1.82, 2.24) is 41.8 Å². The number of aliphatic hydroxyl groups excluding tert-OH is 1. The first-order valence-corrected chi connectivity index (χ1v) is 22.6. The van der Waals surface area contributed by atoms with Crippen molar-refractivity contribution < 1.29 is 58.5 Å². The van der Waals surface area contributed by atoms with Crippen molar-refractivity contribution in [2.24, 2.45) is 11.5 Å². The van der Waals surface area contributed by atoms with Gasteiger partial charge in [0.1, 0.15) is 42.0 Å². The van der Waals surface area contributed by atoms with Gasteiger partial charge in [-0.2, -0.15) is 11.8 Å². The number of thioether (sulfide) groups is 1. The molecule has 8 amide bonds. The molecule has 0 saturated carbocycles. The molecule has 66 heavy (non-hydrogen) atoms. The van der Waals surface area contributed by atoms with Crippen molar-refractivity contribution in [3.63, 3.8) is 0 Å². The Labute approximate surface area is 384 Å². The average molecular weight is 939 g/mol.